The Bertz CT molecular complexity index is 717. The van der Waals surface area contributed by atoms with Crippen molar-refractivity contribution in [1.82, 2.24) is 15.2 Å². The molecule has 2 heterocycles. The monoisotopic (exact) mass is 325 g/mol. The molecule has 126 valence electrons. The van der Waals surface area contributed by atoms with Crippen molar-refractivity contribution in [1.29, 1.82) is 0 Å². The molecule has 2 aromatic rings. The molecule has 0 bridgehead atoms. The Morgan fingerprint density at radius 2 is 2.12 bits per heavy atom. The van der Waals surface area contributed by atoms with Gasteiger partial charge in [0.1, 0.15) is 0 Å². The van der Waals surface area contributed by atoms with Crippen LogP contribution < -0.4 is 5.32 Å². The summed E-state index contributed by atoms with van der Waals surface area (Å²) in [6.07, 6.45) is 2.04. The number of amides is 1. The van der Waals surface area contributed by atoms with Gasteiger partial charge >= 0.3 is 0 Å². The number of aliphatic hydroxyl groups excluding tert-OH is 1. The highest BCUT2D eigenvalue weighted by molar-refractivity contribution is 5.94. The molecule has 24 heavy (non-hydrogen) atoms. The van der Waals surface area contributed by atoms with Crippen LogP contribution in [0.5, 0.6) is 0 Å². The predicted octanol–water partition coefficient (Wildman–Crippen LogP) is 1.54. The molecule has 0 aliphatic carbocycles. The van der Waals surface area contributed by atoms with E-state index in [1.165, 1.54) is 11.1 Å². The minimum absolute atomic E-state index is 0.177. The fraction of sp³-hybridized carbons (Fsp3) is 0.368. The fourth-order valence-electron chi connectivity index (χ4n) is 3.07. The molecule has 3 rings (SSSR count). The molecule has 1 atom stereocenters. The summed E-state index contributed by atoms with van der Waals surface area (Å²) in [5, 5.41) is 13.0. The number of nitrogens with zero attached hydrogens (tertiary/aromatic N) is 2. The molecule has 0 saturated carbocycles. The molecular weight excluding hydrogens is 302 g/mol. The summed E-state index contributed by atoms with van der Waals surface area (Å²) in [6.45, 7) is 4.44. The molecule has 2 N–H and O–H groups in total. The van der Waals surface area contributed by atoms with Crippen LogP contribution in [0.4, 0.5) is 0 Å². The maximum Gasteiger partial charge on any atom is 0.251 e. The van der Waals surface area contributed by atoms with Crippen molar-refractivity contribution in [2.24, 2.45) is 0 Å². The molecular formula is C19H23N3O2. The van der Waals surface area contributed by atoms with Crippen LogP contribution in [-0.2, 0) is 13.0 Å². The quantitative estimate of drug-likeness (QED) is 0.875. The fourth-order valence-corrected chi connectivity index (χ4v) is 3.07. The number of β-amino-alcohol motifs (C(OH)–C–C–N with tert-alkyl or cyclic N) is 1. The topological polar surface area (TPSA) is 65.5 Å². The lowest BCUT2D eigenvalue weighted by Gasteiger charge is -2.30. The Balaban J connectivity index is 1.48. The van der Waals surface area contributed by atoms with E-state index in [9.17, 15) is 9.90 Å². The third kappa shape index (κ3) is 4.19. The van der Waals surface area contributed by atoms with Crippen LogP contribution in [0.2, 0.25) is 0 Å². The number of rotatable bonds is 5. The number of hydrogen-bond donors (Lipinski definition) is 2. The van der Waals surface area contributed by atoms with Crippen molar-refractivity contribution in [3.8, 4) is 0 Å². The minimum Gasteiger partial charge on any atom is -0.390 e. The first-order chi connectivity index (χ1) is 11.6. The standard InChI is InChI=1S/C19H23N3O2/c1-14-10-16(6-8-20-14)19(24)21-11-18(23)13-22-9-7-15-4-2-3-5-17(15)12-22/h2-6,8,10,18,23H,7,9,11-13H2,1H3,(H,21,24)/t18-/m0/s1. The van der Waals surface area contributed by atoms with Crippen LogP contribution in [0.1, 0.15) is 27.2 Å². The van der Waals surface area contributed by atoms with Gasteiger partial charge in [0, 0.05) is 43.6 Å². The maximum absolute atomic E-state index is 12.1. The zero-order valence-electron chi connectivity index (χ0n) is 13.9. The van der Waals surface area contributed by atoms with E-state index in [-0.39, 0.29) is 12.5 Å². The van der Waals surface area contributed by atoms with Gasteiger partial charge in [-0.25, -0.2) is 0 Å². The smallest absolute Gasteiger partial charge is 0.251 e. The van der Waals surface area contributed by atoms with E-state index in [2.05, 4.69) is 39.5 Å². The molecule has 0 saturated heterocycles. The largest absolute Gasteiger partial charge is 0.390 e. The van der Waals surface area contributed by atoms with Crippen molar-refractivity contribution in [3.63, 3.8) is 0 Å². The molecule has 0 fully saturated rings. The molecule has 1 aliphatic rings. The summed E-state index contributed by atoms with van der Waals surface area (Å²) < 4.78 is 0. The summed E-state index contributed by atoms with van der Waals surface area (Å²) in [4.78, 5) is 18.4. The van der Waals surface area contributed by atoms with Crippen LogP contribution >= 0.6 is 0 Å². The zero-order chi connectivity index (χ0) is 16.9. The molecule has 0 spiro atoms. The number of nitrogens with one attached hydrogen (secondary N) is 1. The Hall–Kier alpha value is -2.24. The lowest BCUT2D eigenvalue weighted by molar-refractivity contribution is 0.0841. The zero-order valence-corrected chi connectivity index (χ0v) is 13.9. The molecule has 1 aliphatic heterocycles. The second kappa shape index (κ2) is 7.55. The molecule has 1 amide bonds. The molecule has 1 aromatic heterocycles. The Morgan fingerprint density at radius 1 is 1.33 bits per heavy atom. The normalized spacial score (nSPS) is 15.6. The molecule has 5 heteroatoms. The van der Waals surface area contributed by atoms with E-state index in [0.717, 1.165) is 25.2 Å². The average molecular weight is 325 g/mol. The van der Waals surface area contributed by atoms with Crippen LogP contribution in [0.15, 0.2) is 42.6 Å². The molecule has 1 aromatic carbocycles. The summed E-state index contributed by atoms with van der Waals surface area (Å²) >= 11 is 0. The van der Waals surface area contributed by atoms with Gasteiger partial charge in [0.2, 0.25) is 0 Å². The number of carbonyl (C=O) groups is 1. The number of pyridine rings is 1. The summed E-state index contributed by atoms with van der Waals surface area (Å²) in [6, 6.07) is 11.8. The number of fused-ring (bicyclic) bond motifs is 1. The maximum atomic E-state index is 12.1. The SMILES string of the molecule is Cc1cc(C(=O)NC[C@H](O)CN2CCc3ccccc3C2)ccn1. The van der Waals surface area contributed by atoms with Crippen LogP contribution in [0, 0.1) is 6.92 Å². The second-order valence-corrected chi connectivity index (χ2v) is 6.30. The van der Waals surface area contributed by atoms with E-state index in [0.29, 0.717) is 12.1 Å². The van der Waals surface area contributed by atoms with Gasteiger partial charge < -0.3 is 10.4 Å². The third-order valence-corrected chi connectivity index (χ3v) is 4.34. The number of aromatic nitrogens is 1. The highest BCUT2D eigenvalue weighted by atomic mass is 16.3. The number of carbonyl (C=O) groups excluding carboxylic acids is 1. The van der Waals surface area contributed by atoms with Gasteiger partial charge in [-0.05, 0) is 36.6 Å². The van der Waals surface area contributed by atoms with Crippen molar-refractivity contribution in [3.05, 3.63) is 65.0 Å². The van der Waals surface area contributed by atoms with Gasteiger partial charge in [0.25, 0.3) is 5.91 Å². The van der Waals surface area contributed by atoms with E-state index >= 15 is 0 Å². The summed E-state index contributed by atoms with van der Waals surface area (Å²) in [5.74, 6) is -0.177. The minimum atomic E-state index is -0.581. The van der Waals surface area contributed by atoms with Gasteiger partial charge in [-0.2, -0.15) is 0 Å². The number of aryl methyl sites for hydroxylation is 1. The van der Waals surface area contributed by atoms with E-state index in [1.807, 2.05) is 6.92 Å². The first-order valence-electron chi connectivity index (χ1n) is 8.30. The Labute approximate surface area is 142 Å². The van der Waals surface area contributed by atoms with Gasteiger partial charge in [-0.15, -0.1) is 0 Å². The molecule has 0 unspecified atom stereocenters. The highest BCUT2D eigenvalue weighted by Gasteiger charge is 2.18. The summed E-state index contributed by atoms with van der Waals surface area (Å²) in [5.41, 5.74) is 4.09. The highest BCUT2D eigenvalue weighted by Crippen LogP contribution is 2.18. The van der Waals surface area contributed by atoms with Crippen molar-refractivity contribution in [2.45, 2.75) is 26.0 Å². The van der Waals surface area contributed by atoms with Gasteiger partial charge in [-0.1, -0.05) is 24.3 Å². The third-order valence-electron chi connectivity index (χ3n) is 4.34. The van der Waals surface area contributed by atoms with E-state index < -0.39 is 6.10 Å². The van der Waals surface area contributed by atoms with Crippen LogP contribution in [0.25, 0.3) is 0 Å². The lowest BCUT2D eigenvalue weighted by atomic mass is 10.00. The second-order valence-electron chi connectivity index (χ2n) is 6.30. The van der Waals surface area contributed by atoms with E-state index in [1.54, 1.807) is 18.3 Å². The van der Waals surface area contributed by atoms with Gasteiger partial charge in [-0.3, -0.25) is 14.7 Å². The van der Waals surface area contributed by atoms with Crippen molar-refractivity contribution >= 4 is 5.91 Å². The summed E-state index contributed by atoms with van der Waals surface area (Å²) in [7, 11) is 0. The first-order valence-corrected chi connectivity index (χ1v) is 8.30. The van der Waals surface area contributed by atoms with Crippen molar-refractivity contribution < 1.29 is 9.90 Å². The number of aliphatic hydroxyl groups is 1. The van der Waals surface area contributed by atoms with Gasteiger partial charge in [0.15, 0.2) is 0 Å². The Kier molecular flexibility index (Phi) is 5.23. The van der Waals surface area contributed by atoms with Crippen LogP contribution in [-0.4, -0.2) is 46.6 Å². The Morgan fingerprint density at radius 3 is 2.92 bits per heavy atom. The van der Waals surface area contributed by atoms with Crippen LogP contribution in [0.3, 0.4) is 0 Å². The predicted molar refractivity (Wildman–Crippen MR) is 92.7 cm³/mol. The average Bonchev–Trinajstić information content (AvgIpc) is 2.59. The van der Waals surface area contributed by atoms with Crippen molar-refractivity contribution in [2.75, 3.05) is 19.6 Å². The molecule has 0 radical (unpaired) electrons. The lowest BCUT2D eigenvalue weighted by Crippen LogP contribution is -2.42. The number of hydrogen-bond acceptors (Lipinski definition) is 4. The first kappa shape index (κ1) is 16.6. The molecule has 5 nitrogen and oxygen atoms in total. The number of benzene rings is 1. The van der Waals surface area contributed by atoms with E-state index in [4.69, 9.17) is 0 Å². The van der Waals surface area contributed by atoms with Gasteiger partial charge in [0.05, 0.1) is 6.10 Å².